The smallest absolute Gasteiger partial charge is 0.183 e. The van der Waals surface area contributed by atoms with Crippen molar-refractivity contribution in [3.05, 3.63) is 53.9 Å². The second kappa shape index (κ2) is 7.36. The summed E-state index contributed by atoms with van der Waals surface area (Å²) in [6.45, 7) is 2.53. The number of phenols is 1. The van der Waals surface area contributed by atoms with Crippen LogP contribution in [0.2, 0.25) is 0 Å². The summed E-state index contributed by atoms with van der Waals surface area (Å²) in [4.78, 5) is 6.77. The minimum absolute atomic E-state index is 0.299. The van der Waals surface area contributed by atoms with Crippen LogP contribution in [0.5, 0.6) is 17.2 Å². The lowest BCUT2D eigenvalue weighted by molar-refractivity contribution is 0.279. The lowest BCUT2D eigenvalue weighted by atomic mass is 9.99. The standard InChI is InChI=1S/C19H22N2O3/c1-23-18-7-10-20-17(19(18)24-2)13-21-11-8-15(9-12-21)14-3-5-16(22)6-4-14/h3-8,10,22H,9,11-13H2,1-2H3. The summed E-state index contributed by atoms with van der Waals surface area (Å²) in [5, 5.41) is 9.40. The van der Waals surface area contributed by atoms with Crippen LogP contribution in [-0.4, -0.2) is 42.3 Å². The van der Waals surface area contributed by atoms with Gasteiger partial charge in [0.2, 0.25) is 0 Å². The molecular weight excluding hydrogens is 304 g/mol. The first kappa shape index (κ1) is 16.3. The summed E-state index contributed by atoms with van der Waals surface area (Å²) in [5.41, 5.74) is 3.37. The summed E-state index contributed by atoms with van der Waals surface area (Å²) in [7, 11) is 3.28. The van der Waals surface area contributed by atoms with Gasteiger partial charge in [0.15, 0.2) is 11.5 Å². The molecule has 2 heterocycles. The molecule has 0 bridgehead atoms. The molecule has 1 aromatic carbocycles. The number of benzene rings is 1. The van der Waals surface area contributed by atoms with Gasteiger partial charge in [0.1, 0.15) is 11.4 Å². The van der Waals surface area contributed by atoms with E-state index >= 15 is 0 Å². The van der Waals surface area contributed by atoms with Crippen molar-refractivity contribution in [3.8, 4) is 17.2 Å². The van der Waals surface area contributed by atoms with Crippen LogP contribution < -0.4 is 9.47 Å². The normalized spacial score (nSPS) is 15.0. The Morgan fingerprint density at radius 1 is 1.12 bits per heavy atom. The molecule has 0 saturated carbocycles. The van der Waals surface area contributed by atoms with Gasteiger partial charge in [0.25, 0.3) is 0 Å². The number of phenolic OH excluding ortho intramolecular Hbond substituents is 1. The monoisotopic (exact) mass is 326 g/mol. The highest BCUT2D eigenvalue weighted by molar-refractivity contribution is 5.67. The Labute approximate surface area is 142 Å². The molecule has 0 radical (unpaired) electrons. The zero-order valence-corrected chi connectivity index (χ0v) is 14.0. The van der Waals surface area contributed by atoms with Crippen LogP contribution in [0.15, 0.2) is 42.6 Å². The third kappa shape index (κ3) is 3.51. The van der Waals surface area contributed by atoms with E-state index in [9.17, 15) is 5.11 Å². The van der Waals surface area contributed by atoms with Crippen LogP contribution in [0.4, 0.5) is 0 Å². The van der Waals surface area contributed by atoms with Gasteiger partial charge >= 0.3 is 0 Å². The van der Waals surface area contributed by atoms with Crippen LogP contribution in [0.3, 0.4) is 0 Å². The number of methoxy groups -OCH3 is 2. The maximum atomic E-state index is 9.40. The molecule has 24 heavy (non-hydrogen) atoms. The van der Waals surface area contributed by atoms with E-state index in [0.29, 0.717) is 17.2 Å². The zero-order chi connectivity index (χ0) is 16.9. The van der Waals surface area contributed by atoms with Crippen molar-refractivity contribution < 1.29 is 14.6 Å². The Hall–Kier alpha value is -2.53. The van der Waals surface area contributed by atoms with E-state index in [1.165, 1.54) is 11.1 Å². The summed E-state index contributed by atoms with van der Waals surface area (Å²) in [5.74, 6) is 1.71. The van der Waals surface area contributed by atoms with Crippen molar-refractivity contribution in [1.82, 2.24) is 9.88 Å². The molecule has 0 saturated heterocycles. The fourth-order valence-electron chi connectivity index (χ4n) is 2.97. The Morgan fingerprint density at radius 2 is 1.92 bits per heavy atom. The van der Waals surface area contributed by atoms with E-state index in [1.807, 2.05) is 12.1 Å². The molecule has 1 aliphatic rings. The van der Waals surface area contributed by atoms with E-state index in [4.69, 9.17) is 9.47 Å². The largest absolute Gasteiger partial charge is 0.508 e. The van der Waals surface area contributed by atoms with Crippen LogP contribution in [0, 0.1) is 0 Å². The lowest BCUT2D eigenvalue weighted by Gasteiger charge is -2.26. The molecule has 1 N–H and O–H groups in total. The summed E-state index contributed by atoms with van der Waals surface area (Å²) < 4.78 is 10.8. The number of nitrogens with zero attached hydrogens (tertiary/aromatic N) is 2. The van der Waals surface area contributed by atoms with Crippen molar-refractivity contribution >= 4 is 5.57 Å². The molecule has 126 valence electrons. The molecule has 0 fully saturated rings. The Morgan fingerprint density at radius 3 is 2.54 bits per heavy atom. The first-order valence-corrected chi connectivity index (χ1v) is 7.98. The predicted molar refractivity (Wildman–Crippen MR) is 93.3 cm³/mol. The number of aromatic hydroxyl groups is 1. The van der Waals surface area contributed by atoms with Crippen LogP contribution >= 0.6 is 0 Å². The number of hydrogen-bond acceptors (Lipinski definition) is 5. The second-order valence-corrected chi connectivity index (χ2v) is 5.75. The molecule has 1 aromatic heterocycles. The highest BCUT2D eigenvalue weighted by Gasteiger charge is 2.17. The Kier molecular flexibility index (Phi) is 5.01. The highest BCUT2D eigenvalue weighted by Crippen LogP contribution is 2.31. The van der Waals surface area contributed by atoms with Gasteiger partial charge in [0, 0.05) is 31.9 Å². The SMILES string of the molecule is COc1ccnc(CN2CC=C(c3ccc(O)cc3)CC2)c1OC. The van der Waals surface area contributed by atoms with E-state index in [0.717, 1.165) is 31.7 Å². The molecular formula is C19H22N2O3. The third-order valence-corrected chi connectivity index (χ3v) is 4.27. The van der Waals surface area contributed by atoms with Crippen LogP contribution in [0.25, 0.3) is 5.57 Å². The van der Waals surface area contributed by atoms with E-state index in [1.54, 1.807) is 38.6 Å². The van der Waals surface area contributed by atoms with Gasteiger partial charge < -0.3 is 14.6 Å². The topological polar surface area (TPSA) is 54.8 Å². The molecule has 3 rings (SSSR count). The molecule has 0 amide bonds. The number of aromatic nitrogens is 1. The van der Waals surface area contributed by atoms with Crippen molar-refractivity contribution in [2.24, 2.45) is 0 Å². The summed E-state index contributed by atoms with van der Waals surface area (Å²) >= 11 is 0. The molecule has 1 aliphatic heterocycles. The van der Waals surface area contributed by atoms with Gasteiger partial charge in [-0.2, -0.15) is 0 Å². The van der Waals surface area contributed by atoms with Crippen LogP contribution in [0.1, 0.15) is 17.7 Å². The maximum absolute atomic E-state index is 9.40. The number of pyridine rings is 1. The fraction of sp³-hybridized carbons (Fsp3) is 0.316. The van der Waals surface area contributed by atoms with Crippen molar-refractivity contribution in [2.45, 2.75) is 13.0 Å². The van der Waals surface area contributed by atoms with Gasteiger partial charge in [-0.15, -0.1) is 0 Å². The minimum Gasteiger partial charge on any atom is -0.508 e. The molecule has 0 atom stereocenters. The Bertz CT molecular complexity index is 726. The molecule has 5 nitrogen and oxygen atoms in total. The number of hydrogen-bond donors (Lipinski definition) is 1. The summed E-state index contributed by atoms with van der Waals surface area (Å²) in [6.07, 6.45) is 4.96. The quantitative estimate of drug-likeness (QED) is 0.915. The summed E-state index contributed by atoms with van der Waals surface area (Å²) in [6, 6.07) is 9.19. The van der Waals surface area contributed by atoms with Gasteiger partial charge in [0.05, 0.1) is 14.2 Å². The molecule has 5 heteroatoms. The van der Waals surface area contributed by atoms with Crippen molar-refractivity contribution in [1.29, 1.82) is 0 Å². The van der Waals surface area contributed by atoms with E-state index in [-0.39, 0.29) is 0 Å². The van der Waals surface area contributed by atoms with Crippen molar-refractivity contribution in [3.63, 3.8) is 0 Å². The third-order valence-electron chi connectivity index (χ3n) is 4.27. The zero-order valence-electron chi connectivity index (χ0n) is 14.0. The lowest BCUT2D eigenvalue weighted by Crippen LogP contribution is -2.28. The molecule has 0 spiro atoms. The van der Waals surface area contributed by atoms with Crippen molar-refractivity contribution in [2.75, 3.05) is 27.3 Å². The average molecular weight is 326 g/mol. The van der Waals surface area contributed by atoms with E-state index in [2.05, 4.69) is 16.0 Å². The predicted octanol–water partition coefficient (Wildman–Crippen LogP) is 3.09. The van der Waals surface area contributed by atoms with Gasteiger partial charge in [-0.05, 0) is 29.7 Å². The van der Waals surface area contributed by atoms with Crippen LogP contribution in [-0.2, 0) is 6.54 Å². The molecule has 2 aromatic rings. The molecule has 0 unspecified atom stereocenters. The molecule has 0 aliphatic carbocycles. The van der Waals surface area contributed by atoms with E-state index < -0.39 is 0 Å². The Balaban J connectivity index is 1.70. The minimum atomic E-state index is 0.299. The van der Waals surface area contributed by atoms with Gasteiger partial charge in [-0.3, -0.25) is 9.88 Å². The average Bonchev–Trinajstić information content (AvgIpc) is 2.63. The highest BCUT2D eigenvalue weighted by atomic mass is 16.5. The first-order chi connectivity index (χ1) is 11.7. The number of rotatable bonds is 5. The second-order valence-electron chi connectivity index (χ2n) is 5.75. The fourth-order valence-corrected chi connectivity index (χ4v) is 2.97. The first-order valence-electron chi connectivity index (χ1n) is 7.98. The number of ether oxygens (including phenoxy) is 2. The maximum Gasteiger partial charge on any atom is 0.183 e. The van der Waals surface area contributed by atoms with Gasteiger partial charge in [-0.25, -0.2) is 0 Å². The van der Waals surface area contributed by atoms with Gasteiger partial charge in [-0.1, -0.05) is 18.2 Å².